The average Bonchev–Trinajstić information content (AvgIpc) is 2.37. The second-order valence-corrected chi connectivity index (χ2v) is 6.04. The van der Waals surface area contributed by atoms with Crippen molar-refractivity contribution in [3.63, 3.8) is 0 Å². The minimum Gasteiger partial charge on any atom is -0.457 e. The molecule has 0 spiro atoms. The van der Waals surface area contributed by atoms with Gasteiger partial charge in [-0.25, -0.2) is 4.39 Å². The first kappa shape index (κ1) is 14.9. The van der Waals surface area contributed by atoms with E-state index < -0.39 is 0 Å². The summed E-state index contributed by atoms with van der Waals surface area (Å²) in [5.41, 5.74) is 1.74. The summed E-state index contributed by atoms with van der Waals surface area (Å²) in [6.07, 6.45) is 0. The molecule has 0 saturated carbocycles. The molecule has 0 aliphatic rings. The maximum absolute atomic E-state index is 13.5. The molecule has 0 aliphatic heterocycles. The van der Waals surface area contributed by atoms with Gasteiger partial charge in [0.15, 0.2) is 0 Å². The van der Waals surface area contributed by atoms with Crippen LogP contribution in [0.4, 0.5) is 4.39 Å². The Morgan fingerprint density at radius 1 is 1.10 bits per heavy atom. The van der Waals surface area contributed by atoms with Crippen molar-refractivity contribution in [3.8, 4) is 11.5 Å². The van der Waals surface area contributed by atoms with E-state index in [1.807, 2.05) is 24.3 Å². The SMILES string of the molecule is CC(C)(C)c1ccccc1Oc1cc(F)cc(CCl)c1. The number of rotatable bonds is 3. The lowest BCUT2D eigenvalue weighted by atomic mass is 9.86. The first-order valence-electron chi connectivity index (χ1n) is 6.53. The number of ether oxygens (including phenoxy) is 1. The quantitative estimate of drug-likeness (QED) is 0.664. The first-order chi connectivity index (χ1) is 9.40. The van der Waals surface area contributed by atoms with Crippen LogP contribution in [0.15, 0.2) is 42.5 Å². The van der Waals surface area contributed by atoms with Gasteiger partial charge < -0.3 is 4.74 Å². The van der Waals surface area contributed by atoms with Crippen molar-refractivity contribution < 1.29 is 9.13 Å². The van der Waals surface area contributed by atoms with Gasteiger partial charge in [0.1, 0.15) is 17.3 Å². The topological polar surface area (TPSA) is 9.23 Å². The number of para-hydroxylation sites is 1. The van der Waals surface area contributed by atoms with Crippen molar-refractivity contribution in [3.05, 3.63) is 59.4 Å². The van der Waals surface area contributed by atoms with Crippen LogP contribution in [0.1, 0.15) is 31.9 Å². The fraction of sp³-hybridized carbons (Fsp3) is 0.294. The number of hydrogen-bond acceptors (Lipinski definition) is 1. The maximum atomic E-state index is 13.5. The molecule has 0 aliphatic carbocycles. The van der Waals surface area contributed by atoms with Gasteiger partial charge in [-0.2, -0.15) is 0 Å². The van der Waals surface area contributed by atoms with Gasteiger partial charge in [-0.05, 0) is 29.2 Å². The van der Waals surface area contributed by atoms with Crippen molar-refractivity contribution in [2.75, 3.05) is 0 Å². The third kappa shape index (κ3) is 3.51. The molecule has 2 rings (SSSR count). The molecule has 0 atom stereocenters. The highest BCUT2D eigenvalue weighted by Crippen LogP contribution is 2.34. The van der Waals surface area contributed by atoms with Gasteiger partial charge in [0.05, 0.1) is 0 Å². The molecule has 2 aromatic rings. The van der Waals surface area contributed by atoms with E-state index in [0.717, 1.165) is 11.3 Å². The second kappa shape index (κ2) is 5.84. The summed E-state index contributed by atoms with van der Waals surface area (Å²) >= 11 is 5.76. The first-order valence-corrected chi connectivity index (χ1v) is 7.06. The highest BCUT2D eigenvalue weighted by atomic mass is 35.5. The van der Waals surface area contributed by atoms with E-state index in [4.69, 9.17) is 16.3 Å². The van der Waals surface area contributed by atoms with Gasteiger partial charge in [-0.3, -0.25) is 0 Å². The predicted molar refractivity (Wildman–Crippen MR) is 81.2 cm³/mol. The molecule has 0 heterocycles. The van der Waals surface area contributed by atoms with Crippen molar-refractivity contribution >= 4 is 11.6 Å². The van der Waals surface area contributed by atoms with Gasteiger partial charge in [0, 0.05) is 17.5 Å². The predicted octanol–water partition coefficient (Wildman–Crippen LogP) is 5.65. The fourth-order valence-electron chi connectivity index (χ4n) is 2.06. The van der Waals surface area contributed by atoms with Crippen LogP contribution in [0.5, 0.6) is 11.5 Å². The summed E-state index contributed by atoms with van der Waals surface area (Å²) < 4.78 is 19.4. The highest BCUT2D eigenvalue weighted by molar-refractivity contribution is 6.17. The van der Waals surface area contributed by atoms with Crippen molar-refractivity contribution in [2.24, 2.45) is 0 Å². The number of hydrogen-bond donors (Lipinski definition) is 0. The molecule has 3 heteroatoms. The van der Waals surface area contributed by atoms with E-state index in [9.17, 15) is 4.39 Å². The summed E-state index contributed by atoms with van der Waals surface area (Å²) in [6.45, 7) is 6.35. The molecule has 0 unspecified atom stereocenters. The van der Waals surface area contributed by atoms with Gasteiger partial charge in [-0.15, -0.1) is 11.6 Å². The normalized spacial score (nSPS) is 11.4. The van der Waals surface area contributed by atoms with E-state index >= 15 is 0 Å². The van der Waals surface area contributed by atoms with E-state index in [1.165, 1.54) is 12.1 Å². The molecule has 2 aromatic carbocycles. The minimum absolute atomic E-state index is 0.0424. The lowest BCUT2D eigenvalue weighted by molar-refractivity contribution is 0.451. The van der Waals surface area contributed by atoms with Crippen LogP contribution in [-0.4, -0.2) is 0 Å². The standard InChI is InChI=1S/C17H18ClFO/c1-17(2,3)15-6-4-5-7-16(15)20-14-9-12(11-18)8-13(19)10-14/h4-10H,11H2,1-3H3. The van der Waals surface area contributed by atoms with Crippen LogP contribution in [0.3, 0.4) is 0 Å². The van der Waals surface area contributed by atoms with Crippen LogP contribution >= 0.6 is 11.6 Å². The Morgan fingerprint density at radius 2 is 1.80 bits per heavy atom. The Hall–Kier alpha value is -1.54. The third-order valence-corrected chi connectivity index (χ3v) is 3.32. The molecule has 0 N–H and O–H groups in total. The molecular weight excluding hydrogens is 275 g/mol. The Bertz CT molecular complexity index is 602. The molecule has 0 radical (unpaired) electrons. The zero-order chi connectivity index (χ0) is 14.8. The van der Waals surface area contributed by atoms with Crippen LogP contribution in [0, 0.1) is 5.82 Å². The van der Waals surface area contributed by atoms with Crippen molar-refractivity contribution in [1.82, 2.24) is 0 Å². The molecule has 0 amide bonds. The monoisotopic (exact) mass is 292 g/mol. The number of halogens is 2. The lowest BCUT2D eigenvalue weighted by Gasteiger charge is -2.22. The minimum atomic E-state index is -0.341. The smallest absolute Gasteiger partial charge is 0.131 e. The fourth-order valence-corrected chi connectivity index (χ4v) is 2.21. The summed E-state index contributed by atoms with van der Waals surface area (Å²) in [5.74, 6) is 1.13. The van der Waals surface area contributed by atoms with Crippen molar-refractivity contribution in [2.45, 2.75) is 32.1 Å². The second-order valence-electron chi connectivity index (χ2n) is 5.78. The number of benzene rings is 2. The molecule has 0 fully saturated rings. The summed E-state index contributed by atoms with van der Waals surface area (Å²) in [5, 5.41) is 0. The Morgan fingerprint density at radius 3 is 2.45 bits per heavy atom. The molecule has 1 nitrogen and oxygen atoms in total. The van der Waals surface area contributed by atoms with E-state index in [0.29, 0.717) is 11.3 Å². The Balaban J connectivity index is 2.38. The Kier molecular flexibility index (Phi) is 4.34. The molecule has 0 bridgehead atoms. The summed E-state index contributed by atoms with van der Waals surface area (Å²) in [4.78, 5) is 0. The van der Waals surface area contributed by atoms with Crippen LogP contribution < -0.4 is 4.74 Å². The van der Waals surface area contributed by atoms with Gasteiger partial charge in [0.2, 0.25) is 0 Å². The highest BCUT2D eigenvalue weighted by Gasteiger charge is 2.18. The van der Waals surface area contributed by atoms with E-state index in [1.54, 1.807) is 6.07 Å². The summed E-state index contributed by atoms with van der Waals surface area (Å²) in [6, 6.07) is 12.3. The van der Waals surface area contributed by atoms with Crippen LogP contribution in [0.2, 0.25) is 0 Å². The zero-order valence-electron chi connectivity index (χ0n) is 11.9. The van der Waals surface area contributed by atoms with Gasteiger partial charge in [0.25, 0.3) is 0 Å². The summed E-state index contributed by atoms with van der Waals surface area (Å²) in [7, 11) is 0. The van der Waals surface area contributed by atoms with E-state index in [-0.39, 0.29) is 17.1 Å². The third-order valence-electron chi connectivity index (χ3n) is 3.01. The van der Waals surface area contributed by atoms with E-state index in [2.05, 4.69) is 20.8 Å². The lowest BCUT2D eigenvalue weighted by Crippen LogP contribution is -2.12. The van der Waals surface area contributed by atoms with Crippen molar-refractivity contribution in [1.29, 1.82) is 0 Å². The molecule has 106 valence electrons. The maximum Gasteiger partial charge on any atom is 0.131 e. The van der Waals surface area contributed by atoms with Crippen LogP contribution in [-0.2, 0) is 11.3 Å². The zero-order valence-corrected chi connectivity index (χ0v) is 12.7. The Labute approximate surface area is 124 Å². The molecule has 0 aromatic heterocycles. The van der Waals surface area contributed by atoms with Crippen LogP contribution in [0.25, 0.3) is 0 Å². The van der Waals surface area contributed by atoms with Gasteiger partial charge in [-0.1, -0.05) is 39.0 Å². The molecular formula is C17H18ClFO. The molecule has 20 heavy (non-hydrogen) atoms. The molecule has 0 saturated heterocycles. The average molecular weight is 293 g/mol. The largest absolute Gasteiger partial charge is 0.457 e. The van der Waals surface area contributed by atoms with Gasteiger partial charge >= 0.3 is 0 Å². The number of alkyl halides is 1.